The molecule has 2 aromatic carbocycles. The first-order valence-corrected chi connectivity index (χ1v) is 9.77. The molecule has 0 atom stereocenters. The summed E-state index contributed by atoms with van der Waals surface area (Å²) in [5, 5.41) is 22.0. The summed E-state index contributed by atoms with van der Waals surface area (Å²) in [5.41, 5.74) is 0.0286. The second-order valence-corrected chi connectivity index (χ2v) is 7.05. The van der Waals surface area contributed by atoms with Crippen LogP contribution in [-0.2, 0) is 11.4 Å². The molecule has 0 aliphatic rings. The zero-order chi connectivity index (χ0) is 21.5. The highest BCUT2D eigenvalue weighted by atomic mass is 35.5. The molecule has 1 N–H and O–H groups in total. The molecule has 3 rings (SSSR count). The molecule has 0 aliphatic heterocycles. The fourth-order valence-corrected chi connectivity index (χ4v) is 2.96. The van der Waals surface area contributed by atoms with Crippen LogP contribution in [0.4, 0.5) is 11.4 Å². The van der Waals surface area contributed by atoms with Crippen LogP contribution in [0.25, 0.3) is 0 Å². The van der Waals surface area contributed by atoms with E-state index in [2.05, 4.69) is 15.5 Å². The third-order valence-electron chi connectivity index (χ3n) is 3.62. The number of benzene rings is 2. The predicted molar refractivity (Wildman–Crippen MR) is 109 cm³/mol. The average Bonchev–Trinajstić information content (AvgIpc) is 3.19. The van der Waals surface area contributed by atoms with Crippen LogP contribution < -0.4 is 14.8 Å². The maximum atomic E-state index is 12.2. The molecular weight excluding hydrogens is 436 g/mol. The number of anilines is 1. The van der Waals surface area contributed by atoms with Crippen LogP contribution in [0.3, 0.4) is 0 Å². The van der Waals surface area contributed by atoms with Gasteiger partial charge in [0, 0.05) is 17.2 Å². The van der Waals surface area contributed by atoms with Crippen molar-refractivity contribution in [2.45, 2.75) is 11.8 Å². The molecule has 0 saturated carbocycles. The third kappa shape index (κ3) is 5.84. The molecule has 0 aliphatic carbocycles. The van der Waals surface area contributed by atoms with Gasteiger partial charge < -0.3 is 19.2 Å². The minimum Gasteiger partial charge on any atom is -0.495 e. The van der Waals surface area contributed by atoms with E-state index in [1.54, 1.807) is 24.3 Å². The second-order valence-electron chi connectivity index (χ2n) is 5.68. The molecule has 156 valence electrons. The van der Waals surface area contributed by atoms with Crippen molar-refractivity contribution in [3.63, 3.8) is 0 Å². The Morgan fingerprint density at radius 3 is 2.73 bits per heavy atom. The van der Waals surface area contributed by atoms with Crippen molar-refractivity contribution >= 4 is 40.6 Å². The first kappa shape index (κ1) is 21.4. The average molecular weight is 451 g/mol. The van der Waals surface area contributed by atoms with Crippen LogP contribution in [-0.4, -0.2) is 33.9 Å². The fourth-order valence-electron chi connectivity index (χ4n) is 2.25. The van der Waals surface area contributed by atoms with Crippen LogP contribution in [0.15, 0.2) is 52.1 Å². The van der Waals surface area contributed by atoms with E-state index < -0.39 is 10.8 Å². The van der Waals surface area contributed by atoms with E-state index in [1.165, 1.54) is 25.3 Å². The number of non-ortho nitro benzene ring substituents is 1. The molecule has 0 bridgehead atoms. The van der Waals surface area contributed by atoms with E-state index in [0.717, 1.165) is 11.8 Å². The molecule has 12 heteroatoms. The van der Waals surface area contributed by atoms with Gasteiger partial charge in [-0.05, 0) is 30.3 Å². The summed E-state index contributed by atoms with van der Waals surface area (Å²) in [7, 11) is 1.40. The minimum atomic E-state index is -0.560. The Morgan fingerprint density at radius 2 is 2.03 bits per heavy atom. The van der Waals surface area contributed by atoms with Crippen molar-refractivity contribution in [2.75, 3.05) is 18.2 Å². The van der Waals surface area contributed by atoms with Gasteiger partial charge in [0.25, 0.3) is 16.8 Å². The van der Waals surface area contributed by atoms with Gasteiger partial charge in [0.1, 0.15) is 11.5 Å². The van der Waals surface area contributed by atoms with E-state index in [9.17, 15) is 14.9 Å². The number of methoxy groups -OCH3 is 1. The molecule has 1 aromatic heterocycles. The number of halogens is 1. The minimum absolute atomic E-state index is 0.0501. The van der Waals surface area contributed by atoms with Gasteiger partial charge in [0.05, 0.1) is 23.5 Å². The van der Waals surface area contributed by atoms with Gasteiger partial charge in [-0.2, -0.15) is 0 Å². The number of carbonyl (C=O) groups is 1. The molecule has 0 radical (unpaired) electrons. The Morgan fingerprint density at radius 1 is 1.27 bits per heavy atom. The molecule has 0 unspecified atom stereocenters. The summed E-state index contributed by atoms with van der Waals surface area (Å²) >= 11 is 6.83. The van der Waals surface area contributed by atoms with Crippen molar-refractivity contribution in [3.8, 4) is 11.5 Å². The lowest BCUT2D eigenvalue weighted by Crippen LogP contribution is -2.15. The summed E-state index contributed by atoms with van der Waals surface area (Å²) in [6.45, 7) is 0.0618. The van der Waals surface area contributed by atoms with Crippen molar-refractivity contribution in [1.82, 2.24) is 10.2 Å². The molecule has 0 spiro atoms. The Bertz CT molecular complexity index is 1040. The topological polar surface area (TPSA) is 130 Å². The van der Waals surface area contributed by atoms with Gasteiger partial charge >= 0.3 is 0 Å². The summed E-state index contributed by atoms with van der Waals surface area (Å²) in [6.07, 6.45) is 0. The van der Waals surface area contributed by atoms with Crippen molar-refractivity contribution in [2.24, 2.45) is 0 Å². The van der Waals surface area contributed by atoms with Crippen LogP contribution in [0, 0.1) is 10.1 Å². The van der Waals surface area contributed by atoms with Gasteiger partial charge in [-0.15, -0.1) is 10.2 Å². The van der Waals surface area contributed by atoms with Crippen molar-refractivity contribution < 1.29 is 23.6 Å². The number of hydrogen-bond donors (Lipinski definition) is 1. The van der Waals surface area contributed by atoms with Gasteiger partial charge in [0.15, 0.2) is 6.61 Å². The summed E-state index contributed by atoms with van der Waals surface area (Å²) in [5.74, 6) is 0.672. The summed E-state index contributed by atoms with van der Waals surface area (Å²) < 4.78 is 16.0. The first-order valence-electron chi connectivity index (χ1n) is 8.40. The zero-order valence-electron chi connectivity index (χ0n) is 15.5. The number of nitrogens with zero attached hydrogens (tertiary/aromatic N) is 3. The smallest absolute Gasteiger partial charge is 0.277 e. The van der Waals surface area contributed by atoms with E-state index in [4.69, 9.17) is 25.5 Å². The number of rotatable bonds is 9. The van der Waals surface area contributed by atoms with E-state index in [-0.39, 0.29) is 34.8 Å². The quantitative estimate of drug-likeness (QED) is 0.292. The van der Waals surface area contributed by atoms with Crippen LogP contribution in [0.1, 0.15) is 5.89 Å². The largest absolute Gasteiger partial charge is 0.495 e. The molecular formula is C18H15ClN4O6S. The summed E-state index contributed by atoms with van der Waals surface area (Å²) in [4.78, 5) is 22.6. The number of ether oxygens (including phenoxy) is 2. The highest BCUT2D eigenvalue weighted by molar-refractivity contribution is 7.99. The maximum Gasteiger partial charge on any atom is 0.277 e. The Balaban J connectivity index is 1.52. The Labute approximate surface area is 179 Å². The molecule has 0 saturated heterocycles. The van der Waals surface area contributed by atoms with E-state index >= 15 is 0 Å². The number of thioether (sulfide) groups is 1. The summed E-state index contributed by atoms with van der Waals surface area (Å²) in [6, 6.07) is 10.7. The Hall–Kier alpha value is -3.31. The first-order chi connectivity index (χ1) is 14.4. The van der Waals surface area contributed by atoms with Crippen molar-refractivity contribution in [1.29, 1.82) is 0 Å². The Kier molecular flexibility index (Phi) is 7.09. The second kappa shape index (κ2) is 9.94. The van der Waals surface area contributed by atoms with Crippen molar-refractivity contribution in [3.05, 3.63) is 63.5 Å². The number of aromatic nitrogens is 2. The number of hydrogen-bond acceptors (Lipinski definition) is 9. The van der Waals surface area contributed by atoms with E-state index in [1.807, 2.05) is 0 Å². The predicted octanol–water partition coefficient (Wildman–Crippen LogP) is 3.95. The normalized spacial score (nSPS) is 10.5. The number of nitro benzene ring substituents is 1. The van der Waals surface area contributed by atoms with Crippen LogP contribution in [0.5, 0.6) is 11.5 Å². The SMILES string of the molecule is COc1ccc([N+](=O)[O-])cc1NC(=O)CSc1nnc(COc2ccc(Cl)cc2)o1. The number of carbonyl (C=O) groups excluding carboxylic acids is 1. The lowest BCUT2D eigenvalue weighted by atomic mass is 10.2. The number of amides is 1. The zero-order valence-corrected chi connectivity index (χ0v) is 17.1. The molecule has 3 aromatic rings. The number of nitro groups is 1. The third-order valence-corrected chi connectivity index (χ3v) is 4.69. The molecule has 1 amide bonds. The molecule has 30 heavy (non-hydrogen) atoms. The van der Waals surface area contributed by atoms with Crippen LogP contribution >= 0.6 is 23.4 Å². The van der Waals surface area contributed by atoms with Gasteiger partial charge in [-0.25, -0.2) is 0 Å². The molecule has 0 fully saturated rings. The lowest BCUT2D eigenvalue weighted by Gasteiger charge is -2.09. The number of nitrogens with one attached hydrogen (secondary N) is 1. The molecule has 1 heterocycles. The maximum absolute atomic E-state index is 12.2. The van der Waals surface area contributed by atoms with Crippen LogP contribution in [0.2, 0.25) is 5.02 Å². The van der Waals surface area contributed by atoms with Gasteiger partial charge in [0.2, 0.25) is 5.91 Å². The van der Waals surface area contributed by atoms with E-state index in [0.29, 0.717) is 16.5 Å². The standard InChI is InChI=1S/C18H15ClN4O6S/c1-27-15-7-4-12(23(25)26)8-14(15)20-16(24)10-30-18-22-21-17(29-18)9-28-13-5-2-11(19)3-6-13/h2-8H,9-10H2,1H3,(H,20,24). The highest BCUT2D eigenvalue weighted by Crippen LogP contribution is 2.29. The fraction of sp³-hybridized carbons (Fsp3) is 0.167. The molecule has 10 nitrogen and oxygen atoms in total. The highest BCUT2D eigenvalue weighted by Gasteiger charge is 2.15. The van der Waals surface area contributed by atoms with Gasteiger partial charge in [-0.1, -0.05) is 23.4 Å². The monoisotopic (exact) mass is 450 g/mol. The van der Waals surface area contributed by atoms with Gasteiger partial charge in [-0.3, -0.25) is 14.9 Å². The lowest BCUT2D eigenvalue weighted by molar-refractivity contribution is -0.384.